The summed E-state index contributed by atoms with van der Waals surface area (Å²) in [6.07, 6.45) is -4.58. The summed E-state index contributed by atoms with van der Waals surface area (Å²) in [7, 11) is 0. The number of fused-ring (bicyclic) bond motifs is 1. The molecule has 0 radical (unpaired) electrons. The van der Waals surface area contributed by atoms with Crippen LogP contribution in [0.2, 0.25) is 5.02 Å². The van der Waals surface area contributed by atoms with Crippen LogP contribution in [0.3, 0.4) is 0 Å². The van der Waals surface area contributed by atoms with Crippen molar-refractivity contribution in [3.8, 4) is 0 Å². The fourth-order valence-corrected chi connectivity index (χ4v) is 2.55. The van der Waals surface area contributed by atoms with Gasteiger partial charge in [0.05, 0.1) is 11.4 Å². The molecule has 2 heterocycles. The Hall–Kier alpha value is -1.74. The third kappa shape index (κ3) is 2.98. The summed E-state index contributed by atoms with van der Waals surface area (Å²) in [5, 5.41) is 7.36. The summed E-state index contributed by atoms with van der Waals surface area (Å²) < 4.78 is 39.1. The highest BCUT2D eigenvalue weighted by Crippen LogP contribution is 2.31. The van der Waals surface area contributed by atoms with E-state index in [2.05, 4.69) is 20.6 Å². The van der Waals surface area contributed by atoms with Crippen LogP contribution in [0, 0.1) is 0 Å². The van der Waals surface area contributed by atoms with E-state index in [1.54, 1.807) is 24.3 Å². The van der Waals surface area contributed by atoms with Gasteiger partial charge in [0.15, 0.2) is 0 Å². The fraction of sp³-hybridized carbons (Fsp3) is 0.182. The number of aromatic nitrogens is 3. The molecule has 0 saturated heterocycles. The zero-order chi connectivity index (χ0) is 15.0. The SMILES string of the molecule is FC(F)(F)c1nnc2n1NC(=Nc1ccc(Cl)cc1)CS2. The molecule has 1 aliphatic rings. The minimum Gasteiger partial charge on any atom is -0.276 e. The minimum atomic E-state index is -4.58. The third-order valence-corrected chi connectivity index (χ3v) is 3.75. The number of alkyl halides is 3. The molecule has 3 rings (SSSR count). The van der Waals surface area contributed by atoms with Gasteiger partial charge in [-0.2, -0.15) is 13.2 Å². The summed E-state index contributed by atoms with van der Waals surface area (Å²) >= 11 is 6.89. The van der Waals surface area contributed by atoms with Gasteiger partial charge in [-0.25, -0.2) is 9.67 Å². The number of rotatable bonds is 1. The summed E-state index contributed by atoms with van der Waals surface area (Å²) in [6.45, 7) is 0. The van der Waals surface area contributed by atoms with Crippen LogP contribution < -0.4 is 5.43 Å². The molecule has 21 heavy (non-hydrogen) atoms. The second kappa shape index (κ2) is 5.23. The van der Waals surface area contributed by atoms with Crippen molar-refractivity contribution >= 4 is 34.9 Å². The Balaban J connectivity index is 1.90. The molecule has 0 bridgehead atoms. The van der Waals surface area contributed by atoms with Gasteiger partial charge >= 0.3 is 6.18 Å². The Morgan fingerprint density at radius 2 is 1.95 bits per heavy atom. The molecule has 1 aromatic carbocycles. The van der Waals surface area contributed by atoms with Gasteiger partial charge in [0.25, 0.3) is 5.82 Å². The highest BCUT2D eigenvalue weighted by Gasteiger charge is 2.40. The first-order chi connectivity index (χ1) is 9.93. The summed E-state index contributed by atoms with van der Waals surface area (Å²) in [5.41, 5.74) is 3.17. The number of nitrogens with one attached hydrogen (secondary N) is 1. The first-order valence-corrected chi connectivity index (χ1v) is 7.05. The number of aliphatic imine (C=N–C) groups is 1. The Morgan fingerprint density at radius 1 is 1.24 bits per heavy atom. The quantitative estimate of drug-likeness (QED) is 0.869. The van der Waals surface area contributed by atoms with Crippen molar-refractivity contribution in [3.63, 3.8) is 0 Å². The van der Waals surface area contributed by atoms with Crippen LogP contribution in [0.5, 0.6) is 0 Å². The number of halogens is 4. The molecular weight excluding hydrogens is 327 g/mol. The molecule has 0 amide bonds. The molecule has 1 N–H and O–H groups in total. The number of amidine groups is 1. The molecule has 0 atom stereocenters. The van der Waals surface area contributed by atoms with Crippen molar-refractivity contribution in [2.24, 2.45) is 4.99 Å². The molecule has 0 spiro atoms. The van der Waals surface area contributed by atoms with Crippen LogP contribution in [0.25, 0.3) is 0 Å². The molecule has 0 unspecified atom stereocenters. The smallest absolute Gasteiger partial charge is 0.276 e. The lowest BCUT2D eigenvalue weighted by atomic mass is 10.3. The first-order valence-electron chi connectivity index (χ1n) is 5.69. The van der Waals surface area contributed by atoms with Gasteiger partial charge < -0.3 is 0 Å². The van der Waals surface area contributed by atoms with Gasteiger partial charge in [0.1, 0.15) is 5.84 Å². The van der Waals surface area contributed by atoms with Gasteiger partial charge in [-0.3, -0.25) is 5.43 Å². The molecular formula is C11H7ClF3N5S. The van der Waals surface area contributed by atoms with Gasteiger partial charge in [-0.05, 0) is 24.3 Å². The molecule has 0 fully saturated rings. The number of hydrogen-bond donors (Lipinski definition) is 1. The Bertz CT molecular complexity index is 695. The Kier molecular flexibility index (Phi) is 3.54. The molecule has 1 aromatic heterocycles. The summed E-state index contributed by atoms with van der Waals surface area (Å²) in [4.78, 5) is 4.24. The Morgan fingerprint density at radius 3 is 2.62 bits per heavy atom. The molecule has 5 nitrogen and oxygen atoms in total. The van der Waals surface area contributed by atoms with Gasteiger partial charge in [-0.15, -0.1) is 10.2 Å². The Labute approximate surface area is 126 Å². The van der Waals surface area contributed by atoms with E-state index in [4.69, 9.17) is 11.6 Å². The molecule has 0 saturated carbocycles. The normalized spacial score (nSPS) is 16.7. The predicted octanol–water partition coefficient (Wildman–Crippen LogP) is 3.33. The van der Waals surface area contributed by atoms with Gasteiger partial charge in [0, 0.05) is 5.02 Å². The lowest BCUT2D eigenvalue weighted by Crippen LogP contribution is -2.33. The number of thioether (sulfide) groups is 1. The molecule has 10 heteroatoms. The first kappa shape index (κ1) is 14.2. The summed E-state index contributed by atoms with van der Waals surface area (Å²) in [5.74, 6) is -0.354. The van der Waals surface area contributed by atoms with Crippen molar-refractivity contribution in [1.29, 1.82) is 0 Å². The van der Waals surface area contributed by atoms with Gasteiger partial charge in [-0.1, -0.05) is 23.4 Å². The lowest BCUT2D eigenvalue weighted by Gasteiger charge is -2.19. The van der Waals surface area contributed by atoms with Crippen molar-refractivity contribution in [2.75, 3.05) is 11.2 Å². The van der Waals surface area contributed by atoms with E-state index >= 15 is 0 Å². The number of nitrogens with zero attached hydrogens (tertiary/aromatic N) is 4. The molecule has 110 valence electrons. The highest BCUT2D eigenvalue weighted by atomic mass is 35.5. The molecule has 0 aliphatic carbocycles. The van der Waals surface area contributed by atoms with E-state index in [0.29, 0.717) is 22.3 Å². The summed E-state index contributed by atoms with van der Waals surface area (Å²) in [6, 6.07) is 6.66. The van der Waals surface area contributed by atoms with Crippen LogP contribution >= 0.6 is 23.4 Å². The van der Waals surface area contributed by atoms with Crippen molar-refractivity contribution in [3.05, 3.63) is 35.1 Å². The average molecular weight is 334 g/mol. The van der Waals surface area contributed by atoms with Crippen LogP contribution in [0.1, 0.15) is 5.82 Å². The van der Waals surface area contributed by atoms with Crippen LogP contribution in [-0.2, 0) is 6.18 Å². The number of benzene rings is 1. The maximum absolute atomic E-state index is 12.8. The zero-order valence-electron chi connectivity index (χ0n) is 10.2. The zero-order valence-corrected chi connectivity index (χ0v) is 11.8. The monoisotopic (exact) mass is 333 g/mol. The van der Waals surface area contributed by atoms with E-state index in [1.807, 2.05) is 0 Å². The maximum atomic E-state index is 12.8. The lowest BCUT2D eigenvalue weighted by molar-refractivity contribution is -0.146. The average Bonchev–Trinajstić information content (AvgIpc) is 2.84. The van der Waals surface area contributed by atoms with Crippen LogP contribution in [0.4, 0.5) is 18.9 Å². The maximum Gasteiger partial charge on any atom is 0.453 e. The molecule has 1 aliphatic heterocycles. The third-order valence-electron chi connectivity index (χ3n) is 2.56. The minimum absolute atomic E-state index is 0.150. The van der Waals surface area contributed by atoms with Crippen molar-refractivity contribution in [2.45, 2.75) is 11.3 Å². The van der Waals surface area contributed by atoms with E-state index in [-0.39, 0.29) is 5.16 Å². The van der Waals surface area contributed by atoms with Crippen LogP contribution in [0.15, 0.2) is 34.4 Å². The number of hydrogen-bond acceptors (Lipinski definition) is 4. The fourth-order valence-electron chi connectivity index (χ4n) is 1.67. The topological polar surface area (TPSA) is 55.1 Å². The van der Waals surface area contributed by atoms with E-state index < -0.39 is 12.0 Å². The van der Waals surface area contributed by atoms with Crippen molar-refractivity contribution < 1.29 is 13.2 Å². The van der Waals surface area contributed by atoms with E-state index in [9.17, 15) is 13.2 Å². The van der Waals surface area contributed by atoms with Crippen molar-refractivity contribution in [1.82, 2.24) is 14.9 Å². The van der Waals surface area contributed by atoms with E-state index in [1.165, 1.54) is 0 Å². The standard InChI is InChI=1S/C11H7ClF3N5S/c12-6-1-3-7(4-2-6)16-8-5-21-10-18-17-9(11(13,14)15)20(10)19-8/h1-4H,5H2,(H,16,19). The second-order valence-corrected chi connectivity index (χ2v) is 5.45. The van der Waals surface area contributed by atoms with Gasteiger partial charge in [0.2, 0.25) is 5.16 Å². The predicted molar refractivity (Wildman–Crippen MR) is 73.7 cm³/mol. The van der Waals surface area contributed by atoms with E-state index in [0.717, 1.165) is 16.4 Å². The van der Waals surface area contributed by atoms with Crippen LogP contribution in [-0.4, -0.2) is 26.5 Å². The molecule has 2 aromatic rings. The highest BCUT2D eigenvalue weighted by molar-refractivity contribution is 7.99. The second-order valence-electron chi connectivity index (χ2n) is 4.07. The largest absolute Gasteiger partial charge is 0.453 e.